The summed E-state index contributed by atoms with van der Waals surface area (Å²) in [5, 5.41) is 3.44. The van der Waals surface area contributed by atoms with Crippen LogP contribution in [0.1, 0.15) is 6.42 Å². The van der Waals surface area contributed by atoms with Gasteiger partial charge in [-0.2, -0.15) is 0 Å². The van der Waals surface area contributed by atoms with Crippen molar-refractivity contribution in [1.82, 2.24) is 10.2 Å². The summed E-state index contributed by atoms with van der Waals surface area (Å²) in [5.74, 6) is 0. The molecule has 0 bridgehead atoms. The van der Waals surface area contributed by atoms with Gasteiger partial charge >= 0.3 is 0 Å². The first kappa shape index (κ1) is 8.02. The van der Waals surface area contributed by atoms with E-state index in [9.17, 15) is 0 Å². The van der Waals surface area contributed by atoms with Crippen LogP contribution in [0.2, 0.25) is 0 Å². The van der Waals surface area contributed by atoms with Gasteiger partial charge in [0.1, 0.15) is 0 Å². The van der Waals surface area contributed by atoms with E-state index in [1.165, 1.54) is 25.2 Å². The normalized spacial score (nSPS) is 21.5. The third-order valence-electron chi connectivity index (χ3n) is 2.32. The molecule has 0 radical (unpaired) electrons. The molecule has 0 aromatic rings. The standard InChI is InChI=1S/C10H16N2/c1-2-4-10(3-1)9-11-5-6-12-7-8-12/h1,3-4,11H,2,5-9H2. The van der Waals surface area contributed by atoms with Crippen LogP contribution in [-0.2, 0) is 0 Å². The fourth-order valence-electron chi connectivity index (χ4n) is 1.40. The van der Waals surface area contributed by atoms with E-state index >= 15 is 0 Å². The summed E-state index contributed by atoms with van der Waals surface area (Å²) in [6.07, 6.45) is 7.83. The Morgan fingerprint density at radius 1 is 1.42 bits per heavy atom. The number of hydrogen-bond acceptors (Lipinski definition) is 2. The van der Waals surface area contributed by atoms with Crippen molar-refractivity contribution in [3.8, 4) is 0 Å². The number of nitrogens with zero attached hydrogens (tertiary/aromatic N) is 1. The maximum atomic E-state index is 3.44. The van der Waals surface area contributed by atoms with Gasteiger partial charge in [-0.1, -0.05) is 18.2 Å². The molecule has 2 rings (SSSR count). The van der Waals surface area contributed by atoms with E-state index in [1.54, 1.807) is 0 Å². The van der Waals surface area contributed by atoms with Gasteiger partial charge in [0.2, 0.25) is 0 Å². The molecule has 1 saturated heterocycles. The van der Waals surface area contributed by atoms with Gasteiger partial charge in [-0.05, 0) is 12.0 Å². The van der Waals surface area contributed by atoms with E-state index in [2.05, 4.69) is 28.4 Å². The van der Waals surface area contributed by atoms with E-state index in [-0.39, 0.29) is 0 Å². The lowest BCUT2D eigenvalue weighted by Gasteiger charge is -2.03. The van der Waals surface area contributed by atoms with Crippen molar-refractivity contribution in [2.24, 2.45) is 0 Å². The van der Waals surface area contributed by atoms with E-state index in [4.69, 9.17) is 0 Å². The predicted octanol–water partition coefficient (Wildman–Crippen LogP) is 0.778. The van der Waals surface area contributed by atoms with Gasteiger partial charge in [0.15, 0.2) is 0 Å². The van der Waals surface area contributed by atoms with Crippen molar-refractivity contribution in [1.29, 1.82) is 0 Å². The summed E-state index contributed by atoms with van der Waals surface area (Å²) in [5.41, 5.74) is 1.45. The highest BCUT2D eigenvalue weighted by Gasteiger charge is 2.15. The summed E-state index contributed by atoms with van der Waals surface area (Å²) in [6.45, 7) is 6.01. The van der Waals surface area contributed by atoms with E-state index in [1.807, 2.05) is 0 Å². The molecule has 1 N–H and O–H groups in total. The lowest BCUT2D eigenvalue weighted by Crippen LogP contribution is -2.23. The van der Waals surface area contributed by atoms with Crippen LogP contribution < -0.4 is 5.32 Å². The van der Waals surface area contributed by atoms with Crippen LogP contribution in [0.3, 0.4) is 0 Å². The van der Waals surface area contributed by atoms with Gasteiger partial charge in [0, 0.05) is 32.7 Å². The van der Waals surface area contributed by atoms with Crippen molar-refractivity contribution in [2.45, 2.75) is 6.42 Å². The first-order chi connectivity index (χ1) is 5.95. The molecular formula is C10H16N2. The van der Waals surface area contributed by atoms with Gasteiger partial charge in [0.25, 0.3) is 0 Å². The second-order valence-electron chi connectivity index (χ2n) is 3.44. The number of nitrogens with one attached hydrogen (secondary N) is 1. The predicted molar refractivity (Wildman–Crippen MR) is 51.1 cm³/mol. The zero-order valence-corrected chi connectivity index (χ0v) is 7.42. The molecule has 1 aliphatic carbocycles. The third kappa shape index (κ3) is 2.47. The summed E-state index contributed by atoms with van der Waals surface area (Å²) >= 11 is 0. The van der Waals surface area contributed by atoms with E-state index in [0.717, 1.165) is 19.5 Å². The largest absolute Gasteiger partial charge is 0.311 e. The van der Waals surface area contributed by atoms with Crippen molar-refractivity contribution < 1.29 is 0 Å². The van der Waals surface area contributed by atoms with Crippen LogP contribution in [0.4, 0.5) is 0 Å². The zero-order valence-electron chi connectivity index (χ0n) is 7.42. The number of hydrogen-bond donors (Lipinski definition) is 1. The maximum absolute atomic E-state index is 3.44. The smallest absolute Gasteiger partial charge is 0.0202 e. The molecular weight excluding hydrogens is 148 g/mol. The Bertz CT molecular complexity index is 202. The van der Waals surface area contributed by atoms with Gasteiger partial charge in [-0.25, -0.2) is 0 Å². The summed E-state index contributed by atoms with van der Waals surface area (Å²) < 4.78 is 0. The third-order valence-corrected chi connectivity index (χ3v) is 2.32. The van der Waals surface area contributed by atoms with Crippen molar-refractivity contribution in [3.63, 3.8) is 0 Å². The molecule has 0 unspecified atom stereocenters. The molecule has 2 nitrogen and oxygen atoms in total. The molecule has 0 spiro atoms. The highest BCUT2D eigenvalue weighted by Crippen LogP contribution is 2.06. The molecule has 0 amide bonds. The molecule has 1 aliphatic heterocycles. The quantitative estimate of drug-likeness (QED) is 0.477. The van der Waals surface area contributed by atoms with E-state index in [0.29, 0.717) is 0 Å². The van der Waals surface area contributed by atoms with E-state index < -0.39 is 0 Å². The van der Waals surface area contributed by atoms with Gasteiger partial charge < -0.3 is 5.32 Å². The number of allylic oxidation sites excluding steroid dienone is 2. The highest BCUT2D eigenvalue weighted by molar-refractivity contribution is 5.27. The maximum Gasteiger partial charge on any atom is 0.0202 e. The molecule has 0 aromatic heterocycles. The van der Waals surface area contributed by atoms with Gasteiger partial charge in [-0.3, -0.25) is 4.90 Å². The fraction of sp³-hybridized carbons (Fsp3) is 0.600. The monoisotopic (exact) mass is 164 g/mol. The molecule has 1 heterocycles. The molecule has 12 heavy (non-hydrogen) atoms. The Morgan fingerprint density at radius 3 is 3.00 bits per heavy atom. The highest BCUT2D eigenvalue weighted by atomic mass is 15.3. The van der Waals surface area contributed by atoms with Gasteiger partial charge in [0.05, 0.1) is 0 Å². The number of rotatable bonds is 5. The lowest BCUT2D eigenvalue weighted by atomic mass is 10.3. The van der Waals surface area contributed by atoms with Crippen LogP contribution in [0.5, 0.6) is 0 Å². The summed E-state index contributed by atoms with van der Waals surface area (Å²) in [7, 11) is 0. The fourth-order valence-corrected chi connectivity index (χ4v) is 1.40. The second kappa shape index (κ2) is 3.87. The Labute approximate surface area is 73.9 Å². The van der Waals surface area contributed by atoms with Crippen LogP contribution in [0.15, 0.2) is 23.8 Å². The first-order valence-electron chi connectivity index (χ1n) is 4.74. The van der Waals surface area contributed by atoms with Crippen molar-refractivity contribution in [2.75, 3.05) is 32.7 Å². The molecule has 0 saturated carbocycles. The average molecular weight is 164 g/mol. The van der Waals surface area contributed by atoms with Crippen LogP contribution in [0, 0.1) is 0 Å². The Kier molecular flexibility index (Phi) is 2.59. The molecule has 2 heteroatoms. The minimum atomic E-state index is 1.05. The Morgan fingerprint density at radius 2 is 2.33 bits per heavy atom. The van der Waals surface area contributed by atoms with Crippen LogP contribution in [-0.4, -0.2) is 37.6 Å². The van der Waals surface area contributed by atoms with Gasteiger partial charge in [-0.15, -0.1) is 0 Å². The first-order valence-corrected chi connectivity index (χ1v) is 4.74. The topological polar surface area (TPSA) is 15.0 Å². The van der Waals surface area contributed by atoms with Crippen molar-refractivity contribution >= 4 is 0 Å². The minimum Gasteiger partial charge on any atom is -0.311 e. The Balaban J connectivity index is 1.52. The van der Waals surface area contributed by atoms with Crippen LogP contribution >= 0.6 is 0 Å². The van der Waals surface area contributed by atoms with Crippen LogP contribution in [0.25, 0.3) is 0 Å². The lowest BCUT2D eigenvalue weighted by molar-refractivity contribution is 0.532. The summed E-state index contributed by atoms with van der Waals surface area (Å²) in [6, 6.07) is 0. The molecule has 0 atom stereocenters. The molecule has 2 aliphatic rings. The molecule has 0 aromatic carbocycles. The average Bonchev–Trinajstić information content (AvgIpc) is 2.76. The minimum absolute atomic E-state index is 1.05. The van der Waals surface area contributed by atoms with Crippen molar-refractivity contribution in [3.05, 3.63) is 23.8 Å². The molecule has 66 valence electrons. The zero-order chi connectivity index (χ0) is 8.23. The Hall–Kier alpha value is -0.600. The second-order valence-corrected chi connectivity index (χ2v) is 3.44. The SMILES string of the molecule is C1=CC(CNCCN2CC2)=CC1. The summed E-state index contributed by atoms with van der Waals surface area (Å²) in [4.78, 5) is 2.44. The molecule has 1 fully saturated rings.